The summed E-state index contributed by atoms with van der Waals surface area (Å²) in [6.45, 7) is 2.18. The van der Waals surface area contributed by atoms with Crippen LogP contribution in [0.15, 0.2) is 0 Å². The molecule has 0 spiro atoms. The lowest BCUT2D eigenvalue weighted by molar-refractivity contribution is -0.141. The molecule has 2 aliphatic heterocycles. The molecule has 13 heavy (non-hydrogen) atoms. The van der Waals surface area contributed by atoms with Crippen molar-refractivity contribution in [3.63, 3.8) is 0 Å². The maximum atomic E-state index is 10.9. The van der Waals surface area contributed by atoms with Crippen molar-refractivity contribution in [1.29, 1.82) is 0 Å². The minimum absolute atomic E-state index is 0.0642. The fourth-order valence-electron chi connectivity index (χ4n) is 2.10. The van der Waals surface area contributed by atoms with Gasteiger partial charge in [-0.3, -0.25) is 4.79 Å². The zero-order valence-electron chi connectivity index (χ0n) is 7.99. The highest BCUT2D eigenvalue weighted by atomic mass is 16.6. The Balaban J connectivity index is 1.80. The number of hydrogen-bond donors (Lipinski definition) is 0. The van der Waals surface area contributed by atoms with E-state index >= 15 is 0 Å². The number of unbranched alkanes of at least 4 members (excludes halogenated alkanes) is 1. The van der Waals surface area contributed by atoms with Gasteiger partial charge in [0.1, 0.15) is 12.2 Å². The zero-order chi connectivity index (χ0) is 9.26. The third-order valence-corrected chi connectivity index (χ3v) is 2.81. The van der Waals surface area contributed by atoms with Gasteiger partial charge in [-0.2, -0.15) is 0 Å². The second-order valence-corrected chi connectivity index (χ2v) is 3.91. The SMILES string of the molecule is CCCC[C@@H]1C[C@H]2OC(=O)C[C@H]2O1. The summed E-state index contributed by atoms with van der Waals surface area (Å²) >= 11 is 0. The van der Waals surface area contributed by atoms with E-state index in [4.69, 9.17) is 9.47 Å². The summed E-state index contributed by atoms with van der Waals surface area (Å²) in [5.74, 6) is -0.0936. The van der Waals surface area contributed by atoms with Gasteiger partial charge >= 0.3 is 5.97 Å². The lowest BCUT2D eigenvalue weighted by Crippen LogP contribution is -2.13. The number of esters is 1. The summed E-state index contributed by atoms with van der Waals surface area (Å²) in [7, 11) is 0. The topological polar surface area (TPSA) is 35.5 Å². The van der Waals surface area contributed by atoms with E-state index in [1.165, 1.54) is 12.8 Å². The Bertz CT molecular complexity index is 186. The summed E-state index contributed by atoms with van der Waals surface area (Å²) in [6, 6.07) is 0. The summed E-state index contributed by atoms with van der Waals surface area (Å²) in [5, 5.41) is 0. The lowest BCUT2D eigenvalue weighted by Gasteiger charge is -2.09. The average Bonchev–Trinajstić information content (AvgIpc) is 2.57. The smallest absolute Gasteiger partial charge is 0.308 e. The van der Waals surface area contributed by atoms with Gasteiger partial charge in [0.05, 0.1) is 12.5 Å². The van der Waals surface area contributed by atoms with Crippen LogP contribution in [-0.4, -0.2) is 24.3 Å². The number of ether oxygens (including phenoxy) is 2. The first-order chi connectivity index (χ1) is 6.29. The summed E-state index contributed by atoms with van der Waals surface area (Å²) in [6.07, 6.45) is 5.37. The van der Waals surface area contributed by atoms with Crippen LogP contribution in [-0.2, 0) is 14.3 Å². The van der Waals surface area contributed by atoms with E-state index in [1.807, 2.05) is 0 Å². The minimum atomic E-state index is -0.0936. The van der Waals surface area contributed by atoms with Crippen LogP contribution in [0.2, 0.25) is 0 Å². The van der Waals surface area contributed by atoms with Gasteiger partial charge in [-0.05, 0) is 6.42 Å². The molecule has 0 aromatic rings. The molecule has 0 amide bonds. The highest BCUT2D eigenvalue weighted by Crippen LogP contribution is 2.32. The molecule has 0 bridgehead atoms. The maximum absolute atomic E-state index is 10.9. The van der Waals surface area contributed by atoms with Crippen molar-refractivity contribution in [1.82, 2.24) is 0 Å². The van der Waals surface area contributed by atoms with Gasteiger partial charge in [0, 0.05) is 6.42 Å². The fourth-order valence-corrected chi connectivity index (χ4v) is 2.10. The van der Waals surface area contributed by atoms with Crippen LogP contribution in [0.25, 0.3) is 0 Å². The normalized spacial score (nSPS) is 37.6. The number of carbonyl (C=O) groups excluding carboxylic acids is 1. The van der Waals surface area contributed by atoms with Crippen molar-refractivity contribution >= 4 is 5.97 Å². The van der Waals surface area contributed by atoms with Gasteiger partial charge in [-0.1, -0.05) is 19.8 Å². The summed E-state index contributed by atoms with van der Waals surface area (Å²) < 4.78 is 10.8. The molecule has 2 saturated heterocycles. The molecule has 2 heterocycles. The largest absolute Gasteiger partial charge is 0.459 e. The van der Waals surface area contributed by atoms with E-state index in [9.17, 15) is 4.79 Å². The van der Waals surface area contributed by atoms with Crippen LogP contribution in [0, 0.1) is 0 Å². The molecule has 0 saturated carbocycles. The van der Waals surface area contributed by atoms with Crippen LogP contribution in [0.1, 0.15) is 39.0 Å². The molecule has 2 rings (SSSR count). The first-order valence-electron chi connectivity index (χ1n) is 5.14. The van der Waals surface area contributed by atoms with Crippen LogP contribution in [0.4, 0.5) is 0 Å². The van der Waals surface area contributed by atoms with Crippen LogP contribution in [0.5, 0.6) is 0 Å². The number of hydrogen-bond acceptors (Lipinski definition) is 3. The lowest BCUT2D eigenvalue weighted by atomic mass is 10.1. The van der Waals surface area contributed by atoms with Crippen molar-refractivity contribution in [2.24, 2.45) is 0 Å². The van der Waals surface area contributed by atoms with Gasteiger partial charge in [-0.25, -0.2) is 0 Å². The van der Waals surface area contributed by atoms with E-state index in [-0.39, 0.29) is 18.2 Å². The predicted molar refractivity (Wildman–Crippen MR) is 47.3 cm³/mol. The molecule has 3 nitrogen and oxygen atoms in total. The molecular weight excluding hydrogens is 168 g/mol. The van der Waals surface area contributed by atoms with Crippen molar-refractivity contribution < 1.29 is 14.3 Å². The molecule has 3 atom stereocenters. The quantitative estimate of drug-likeness (QED) is 0.626. The van der Waals surface area contributed by atoms with Crippen molar-refractivity contribution in [2.75, 3.05) is 0 Å². The molecule has 0 aliphatic carbocycles. The molecule has 0 radical (unpaired) electrons. The molecule has 0 aromatic heterocycles. The molecule has 2 fully saturated rings. The maximum Gasteiger partial charge on any atom is 0.308 e. The number of rotatable bonds is 3. The zero-order valence-corrected chi connectivity index (χ0v) is 7.99. The minimum Gasteiger partial charge on any atom is -0.459 e. The Kier molecular flexibility index (Phi) is 2.54. The second kappa shape index (κ2) is 3.66. The highest BCUT2D eigenvalue weighted by molar-refractivity contribution is 5.72. The van der Waals surface area contributed by atoms with Crippen LogP contribution >= 0.6 is 0 Å². The van der Waals surface area contributed by atoms with Crippen LogP contribution in [0.3, 0.4) is 0 Å². The van der Waals surface area contributed by atoms with E-state index in [1.54, 1.807) is 0 Å². The first kappa shape index (κ1) is 9.00. The fraction of sp³-hybridized carbons (Fsp3) is 0.900. The first-order valence-corrected chi connectivity index (χ1v) is 5.14. The van der Waals surface area contributed by atoms with Crippen molar-refractivity contribution in [3.05, 3.63) is 0 Å². The van der Waals surface area contributed by atoms with Gasteiger partial charge in [0.15, 0.2) is 0 Å². The summed E-state index contributed by atoms with van der Waals surface area (Å²) in [5.41, 5.74) is 0. The van der Waals surface area contributed by atoms with E-state index in [0.717, 1.165) is 12.8 Å². The summed E-state index contributed by atoms with van der Waals surface area (Å²) in [4.78, 5) is 10.9. The molecule has 0 unspecified atom stereocenters. The standard InChI is InChI=1S/C10H16O3/c1-2-3-4-7-5-8-9(12-7)6-10(11)13-8/h7-9H,2-6H2,1H3/t7-,8-,9-/m1/s1. The second-order valence-electron chi connectivity index (χ2n) is 3.91. The average molecular weight is 184 g/mol. The van der Waals surface area contributed by atoms with Crippen LogP contribution < -0.4 is 0 Å². The third kappa shape index (κ3) is 1.85. The molecule has 3 heteroatoms. The van der Waals surface area contributed by atoms with Gasteiger partial charge < -0.3 is 9.47 Å². The Hall–Kier alpha value is -0.570. The van der Waals surface area contributed by atoms with E-state index < -0.39 is 0 Å². The highest BCUT2D eigenvalue weighted by Gasteiger charge is 2.43. The van der Waals surface area contributed by atoms with Gasteiger partial charge in [0.25, 0.3) is 0 Å². The Morgan fingerprint density at radius 2 is 2.31 bits per heavy atom. The van der Waals surface area contributed by atoms with E-state index in [2.05, 4.69) is 6.92 Å². The Morgan fingerprint density at radius 3 is 3.00 bits per heavy atom. The monoisotopic (exact) mass is 184 g/mol. The van der Waals surface area contributed by atoms with Gasteiger partial charge in [-0.15, -0.1) is 0 Å². The van der Waals surface area contributed by atoms with Crippen molar-refractivity contribution in [2.45, 2.75) is 57.3 Å². The van der Waals surface area contributed by atoms with E-state index in [0.29, 0.717) is 12.5 Å². The molecule has 2 aliphatic rings. The molecular formula is C10H16O3. The molecule has 0 N–H and O–H groups in total. The number of fused-ring (bicyclic) bond motifs is 1. The number of carbonyl (C=O) groups is 1. The molecule has 74 valence electrons. The predicted octanol–water partition coefficient (Wildman–Crippen LogP) is 1.65. The molecule has 0 aromatic carbocycles. The Labute approximate surface area is 78.4 Å². The third-order valence-electron chi connectivity index (χ3n) is 2.81. The Morgan fingerprint density at radius 1 is 1.46 bits per heavy atom. The van der Waals surface area contributed by atoms with Crippen molar-refractivity contribution in [3.8, 4) is 0 Å². The van der Waals surface area contributed by atoms with Gasteiger partial charge in [0.2, 0.25) is 0 Å².